The molecule has 0 bridgehead atoms. The van der Waals surface area contributed by atoms with E-state index in [2.05, 4.69) is 42.5 Å². The van der Waals surface area contributed by atoms with Crippen LogP contribution in [-0.4, -0.2) is 35.6 Å². The standard InChI is InChI=1S/C20H23NO2/c22-13-14-8-10-21(11-9-14)20(23)19-12-18(19)17-7-3-5-15-4-1-2-6-16(15)17/h1-7,14,18-19,22H,8-13H2. The van der Waals surface area contributed by atoms with Crippen molar-refractivity contribution in [3.05, 3.63) is 48.0 Å². The van der Waals surface area contributed by atoms with Crippen LogP contribution in [-0.2, 0) is 4.79 Å². The summed E-state index contributed by atoms with van der Waals surface area (Å²) in [5, 5.41) is 11.8. The van der Waals surface area contributed by atoms with E-state index in [-0.39, 0.29) is 12.5 Å². The molecule has 3 heteroatoms. The third-order valence-corrected chi connectivity index (χ3v) is 5.51. The van der Waals surface area contributed by atoms with Gasteiger partial charge in [0.1, 0.15) is 0 Å². The van der Waals surface area contributed by atoms with Crippen LogP contribution in [0.15, 0.2) is 42.5 Å². The summed E-state index contributed by atoms with van der Waals surface area (Å²) in [7, 11) is 0. The minimum atomic E-state index is 0.159. The van der Waals surface area contributed by atoms with Crippen LogP contribution in [0.5, 0.6) is 0 Å². The van der Waals surface area contributed by atoms with E-state index < -0.39 is 0 Å². The van der Waals surface area contributed by atoms with Crippen LogP contribution in [0.2, 0.25) is 0 Å². The number of amides is 1. The number of piperidine rings is 1. The number of rotatable bonds is 3. The fourth-order valence-corrected chi connectivity index (χ4v) is 3.96. The number of hydrogen-bond donors (Lipinski definition) is 1. The van der Waals surface area contributed by atoms with Gasteiger partial charge in [-0.25, -0.2) is 0 Å². The Hall–Kier alpha value is -1.87. The van der Waals surface area contributed by atoms with Gasteiger partial charge in [-0.2, -0.15) is 0 Å². The Kier molecular flexibility index (Phi) is 3.82. The number of nitrogens with zero attached hydrogens (tertiary/aromatic N) is 1. The highest BCUT2D eigenvalue weighted by molar-refractivity contribution is 5.89. The van der Waals surface area contributed by atoms with Gasteiger partial charge in [-0.3, -0.25) is 4.79 Å². The highest BCUT2D eigenvalue weighted by Crippen LogP contribution is 2.50. The first-order chi connectivity index (χ1) is 11.3. The number of hydrogen-bond acceptors (Lipinski definition) is 2. The van der Waals surface area contributed by atoms with Crippen LogP contribution >= 0.6 is 0 Å². The summed E-state index contributed by atoms with van der Waals surface area (Å²) in [5.41, 5.74) is 1.33. The average molecular weight is 309 g/mol. The molecule has 4 rings (SSSR count). The van der Waals surface area contributed by atoms with Crippen molar-refractivity contribution in [2.24, 2.45) is 11.8 Å². The van der Waals surface area contributed by atoms with Crippen molar-refractivity contribution < 1.29 is 9.90 Å². The zero-order valence-electron chi connectivity index (χ0n) is 13.3. The van der Waals surface area contributed by atoms with Crippen molar-refractivity contribution >= 4 is 16.7 Å². The predicted molar refractivity (Wildman–Crippen MR) is 91.2 cm³/mol. The number of likely N-dealkylation sites (tertiary alicyclic amines) is 1. The number of fused-ring (bicyclic) bond motifs is 1. The van der Waals surface area contributed by atoms with Gasteiger partial charge >= 0.3 is 0 Å². The van der Waals surface area contributed by atoms with Crippen molar-refractivity contribution in [2.75, 3.05) is 19.7 Å². The van der Waals surface area contributed by atoms with Crippen LogP contribution in [0, 0.1) is 11.8 Å². The van der Waals surface area contributed by atoms with Gasteiger partial charge in [-0.15, -0.1) is 0 Å². The molecule has 3 nitrogen and oxygen atoms in total. The van der Waals surface area contributed by atoms with E-state index >= 15 is 0 Å². The van der Waals surface area contributed by atoms with Gasteiger partial charge in [0.2, 0.25) is 5.91 Å². The molecule has 1 aliphatic heterocycles. The fourth-order valence-electron chi connectivity index (χ4n) is 3.96. The Morgan fingerprint density at radius 1 is 1.09 bits per heavy atom. The van der Waals surface area contributed by atoms with E-state index in [1.54, 1.807) is 0 Å². The smallest absolute Gasteiger partial charge is 0.226 e. The number of carbonyl (C=O) groups is 1. The monoisotopic (exact) mass is 309 g/mol. The van der Waals surface area contributed by atoms with Crippen LogP contribution in [0.3, 0.4) is 0 Å². The molecule has 1 heterocycles. The number of benzene rings is 2. The molecule has 1 saturated heterocycles. The normalized spacial score (nSPS) is 24.8. The van der Waals surface area contributed by atoms with Gasteiger partial charge in [-0.05, 0) is 47.4 Å². The third-order valence-electron chi connectivity index (χ3n) is 5.51. The molecule has 2 aliphatic rings. The Morgan fingerprint density at radius 2 is 1.83 bits per heavy atom. The first-order valence-corrected chi connectivity index (χ1v) is 8.65. The van der Waals surface area contributed by atoms with Crippen molar-refractivity contribution in [3.63, 3.8) is 0 Å². The molecule has 1 saturated carbocycles. The Balaban J connectivity index is 1.48. The second kappa shape index (κ2) is 5.97. The van der Waals surface area contributed by atoms with Gasteiger partial charge in [0.25, 0.3) is 0 Å². The lowest BCUT2D eigenvalue weighted by atomic mass is 9.97. The first kappa shape index (κ1) is 14.7. The van der Waals surface area contributed by atoms with Gasteiger partial charge < -0.3 is 10.0 Å². The molecule has 1 N–H and O–H groups in total. The first-order valence-electron chi connectivity index (χ1n) is 8.65. The van der Waals surface area contributed by atoms with Crippen molar-refractivity contribution in [1.82, 2.24) is 4.90 Å². The maximum absolute atomic E-state index is 12.7. The lowest BCUT2D eigenvalue weighted by Gasteiger charge is -2.31. The molecular weight excluding hydrogens is 286 g/mol. The van der Waals surface area contributed by atoms with E-state index in [0.29, 0.717) is 17.7 Å². The fraction of sp³-hybridized carbons (Fsp3) is 0.450. The summed E-state index contributed by atoms with van der Waals surface area (Å²) in [6, 6.07) is 14.9. The molecule has 2 fully saturated rings. The maximum atomic E-state index is 12.7. The second-order valence-electron chi connectivity index (χ2n) is 6.97. The third kappa shape index (κ3) is 2.74. The molecule has 1 aliphatic carbocycles. The average Bonchev–Trinajstić information content (AvgIpc) is 3.41. The molecule has 2 aromatic carbocycles. The highest BCUT2D eigenvalue weighted by atomic mass is 16.3. The van der Waals surface area contributed by atoms with Crippen molar-refractivity contribution in [3.8, 4) is 0 Å². The maximum Gasteiger partial charge on any atom is 0.226 e. The minimum absolute atomic E-state index is 0.159. The summed E-state index contributed by atoms with van der Waals surface area (Å²) in [5.74, 6) is 1.24. The molecule has 0 radical (unpaired) electrons. The zero-order chi connectivity index (χ0) is 15.8. The molecular formula is C20H23NO2. The number of aliphatic hydroxyl groups is 1. The van der Waals surface area contributed by atoms with Gasteiger partial charge in [0.05, 0.1) is 0 Å². The van der Waals surface area contributed by atoms with Gasteiger partial charge in [0.15, 0.2) is 0 Å². The zero-order valence-corrected chi connectivity index (χ0v) is 13.3. The Labute approximate surface area is 136 Å². The van der Waals surface area contributed by atoms with E-state index in [9.17, 15) is 9.90 Å². The summed E-state index contributed by atoms with van der Waals surface area (Å²) in [4.78, 5) is 14.8. The molecule has 0 spiro atoms. The van der Waals surface area contributed by atoms with E-state index in [4.69, 9.17) is 0 Å². The van der Waals surface area contributed by atoms with Crippen LogP contribution in [0.4, 0.5) is 0 Å². The van der Waals surface area contributed by atoms with Crippen molar-refractivity contribution in [2.45, 2.75) is 25.2 Å². The molecule has 2 unspecified atom stereocenters. The van der Waals surface area contributed by atoms with Crippen LogP contribution in [0.25, 0.3) is 10.8 Å². The van der Waals surface area contributed by atoms with Gasteiger partial charge in [-0.1, -0.05) is 42.5 Å². The quantitative estimate of drug-likeness (QED) is 0.946. The molecule has 2 atom stereocenters. The highest BCUT2D eigenvalue weighted by Gasteiger charge is 2.46. The summed E-state index contributed by atoms with van der Waals surface area (Å²) in [6.07, 6.45) is 2.86. The predicted octanol–water partition coefficient (Wildman–Crippen LogP) is 3.17. The van der Waals surface area contributed by atoms with Crippen molar-refractivity contribution in [1.29, 1.82) is 0 Å². The van der Waals surface area contributed by atoms with Crippen LogP contribution in [0.1, 0.15) is 30.7 Å². The van der Waals surface area contributed by atoms with E-state index in [0.717, 1.165) is 32.4 Å². The lowest BCUT2D eigenvalue weighted by Crippen LogP contribution is -2.40. The lowest BCUT2D eigenvalue weighted by molar-refractivity contribution is -0.134. The Morgan fingerprint density at radius 3 is 2.61 bits per heavy atom. The van der Waals surface area contributed by atoms with Gasteiger partial charge in [0, 0.05) is 25.6 Å². The largest absolute Gasteiger partial charge is 0.396 e. The van der Waals surface area contributed by atoms with E-state index in [1.807, 2.05) is 4.90 Å². The molecule has 0 aromatic heterocycles. The topological polar surface area (TPSA) is 40.5 Å². The molecule has 2 aromatic rings. The number of aliphatic hydroxyl groups excluding tert-OH is 1. The summed E-state index contributed by atoms with van der Waals surface area (Å²) >= 11 is 0. The second-order valence-corrected chi connectivity index (χ2v) is 6.97. The molecule has 23 heavy (non-hydrogen) atoms. The molecule has 1 amide bonds. The minimum Gasteiger partial charge on any atom is -0.396 e. The van der Waals surface area contributed by atoms with E-state index in [1.165, 1.54) is 16.3 Å². The summed E-state index contributed by atoms with van der Waals surface area (Å²) < 4.78 is 0. The van der Waals surface area contributed by atoms with Crippen LogP contribution < -0.4 is 0 Å². The summed E-state index contributed by atoms with van der Waals surface area (Å²) in [6.45, 7) is 1.87. The molecule has 120 valence electrons. The number of carbonyl (C=O) groups excluding carboxylic acids is 1. The SMILES string of the molecule is O=C(C1CC1c1cccc2ccccc12)N1CCC(CO)CC1. The Bertz CT molecular complexity index is 713.